The highest BCUT2D eigenvalue weighted by Crippen LogP contribution is 2.37. The zero-order valence-corrected chi connectivity index (χ0v) is 12.3. The summed E-state index contributed by atoms with van der Waals surface area (Å²) in [7, 11) is 1.62. The van der Waals surface area contributed by atoms with Crippen molar-refractivity contribution in [3.8, 4) is 0 Å². The van der Waals surface area contributed by atoms with E-state index in [9.17, 15) is 18.0 Å². The number of nitrogens with one attached hydrogen (secondary N) is 1. The zero-order chi connectivity index (χ0) is 15.5. The molecular formula is C14H23F3N2O2. The van der Waals surface area contributed by atoms with Gasteiger partial charge in [-0.15, -0.1) is 0 Å². The molecule has 1 aliphatic carbocycles. The van der Waals surface area contributed by atoms with Crippen LogP contribution in [0.5, 0.6) is 0 Å². The van der Waals surface area contributed by atoms with Crippen LogP contribution in [0.3, 0.4) is 0 Å². The van der Waals surface area contributed by atoms with Crippen LogP contribution in [0.15, 0.2) is 0 Å². The molecule has 2 fully saturated rings. The highest BCUT2D eigenvalue weighted by molar-refractivity contribution is 5.77. The number of amides is 1. The van der Waals surface area contributed by atoms with Crippen LogP contribution in [0.25, 0.3) is 0 Å². The Morgan fingerprint density at radius 2 is 2.14 bits per heavy atom. The Hall–Kier alpha value is -0.820. The van der Waals surface area contributed by atoms with Crippen molar-refractivity contribution in [1.29, 1.82) is 0 Å². The average Bonchev–Trinajstić information content (AvgIpc) is 2.76. The predicted octanol–water partition coefficient (Wildman–Crippen LogP) is 1.95. The Labute approximate surface area is 123 Å². The number of methoxy groups -OCH3 is 1. The second-order valence-electron chi connectivity index (χ2n) is 6.23. The van der Waals surface area contributed by atoms with Crippen molar-refractivity contribution in [2.45, 2.75) is 43.9 Å². The molecule has 122 valence electrons. The first-order chi connectivity index (χ1) is 9.82. The SMILES string of the molecule is COC1(CC(=O)NCC2CCN(CC(F)(F)F)C2)CCC1. The molecule has 1 saturated heterocycles. The molecule has 1 atom stereocenters. The van der Waals surface area contributed by atoms with Gasteiger partial charge in [-0.3, -0.25) is 9.69 Å². The van der Waals surface area contributed by atoms with Gasteiger partial charge in [-0.25, -0.2) is 0 Å². The molecule has 1 N–H and O–H groups in total. The van der Waals surface area contributed by atoms with Gasteiger partial charge in [0.15, 0.2) is 0 Å². The second kappa shape index (κ2) is 6.52. The third-order valence-corrected chi connectivity index (χ3v) is 4.54. The van der Waals surface area contributed by atoms with Gasteiger partial charge < -0.3 is 10.1 Å². The number of alkyl halides is 3. The smallest absolute Gasteiger partial charge is 0.378 e. The minimum atomic E-state index is -4.15. The first-order valence-corrected chi connectivity index (χ1v) is 7.43. The van der Waals surface area contributed by atoms with E-state index >= 15 is 0 Å². The van der Waals surface area contributed by atoms with Crippen LogP contribution in [-0.2, 0) is 9.53 Å². The van der Waals surface area contributed by atoms with Gasteiger partial charge in [-0.05, 0) is 38.1 Å². The number of hydrogen-bond donors (Lipinski definition) is 1. The molecule has 0 aromatic heterocycles. The summed E-state index contributed by atoms with van der Waals surface area (Å²) in [5.41, 5.74) is -0.303. The van der Waals surface area contributed by atoms with Crippen LogP contribution in [0.4, 0.5) is 13.2 Å². The number of carbonyl (C=O) groups is 1. The lowest BCUT2D eigenvalue weighted by Crippen LogP contribution is -2.44. The molecule has 1 aliphatic heterocycles. The molecule has 0 aromatic rings. The fourth-order valence-electron chi connectivity index (χ4n) is 3.11. The predicted molar refractivity (Wildman–Crippen MR) is 71.8 cm³/mol. The Morgan fingerprint density at radius 1 is 1.43 bits per heavy atom. The fraction of sp³-hybridized carbons (Fsp3) is 0.929. The molecule has 1 amide bonds. The Morgan fingerprint density at radius 3 is 2.67 bits per heavy atom. The van der Waals surface area contributed by atoms with Gasteiger partial charge in [0.05, 0.1) is 18.6 Å². The number of ether oxygens (including phenoxy) is 1. The Balaban J connectivity index is 1.66. The minimum absolute atomic E-state index is 0.0641. The van der Waals surface area contributed by atoms with Crippen LogP contribution in [0.1, 0.15) is 32.1 Å². The number of likely N-dealkylation sites (tertiary alicyclic amines) is 1. The molecule has 21 heavy (non-hydrogen) atoms. The number of halogens is 3. The van der Waals surface area contributed by atoms with Crippen molar-refractivity contribution in [1.82, 2.24) is 10.2 Å². The van der Waals surface area contributed by atoms with E-state index in [1.807, 2.05) is 0 Å². The van der Waals surface area contributed by atoms with Crippen LogP contribution in [0.2, 0.25) is 0 Å². The summed E-state index contributed by atoms with van der Waals surface area (Å²) in [6, 6.07) is 0. The lowest BCUT2D eigenvalue weighted by atomic mass is 9.77. The molecule has 2 rings (SSSR count). The van der Waals surface area contributed by atoms with Crippen molar-refractivity contribution >= 4 is 5.91 Å². The highest BCUT2D eigenvalue weighted by atomic mass is 19.4. The molecule has 0 bridgehead atoms. The van der Waals surface area contributed by atoms with Crippen molar-refractivity contribution in [2.24, 2.45) is 5.92 Å². The fourth-order valence-corrected chi connectivity index (χ4v) is 3.11. The molecule has 0 aromatic carbocycles. The number of hydrogen-bond acceptors (Lipinski definition) is 3. The third-order valence-electron chi connectivity index (χ3n) is 4.54. The van der Waals surface area contributed by atoms with E-state index in [1.54, 1.807) is 7.11 Å². The van der Waals surface area contributed by atoms with Crippen molar-refractivity contribution in [2.75, 3.05) is 33.3 Å². The summed E-state index contributed by atoms with van der Waals surface area (Å²) < 4.78 is 42.3. The van der Waals surface area contributed by atoms with E-state index in [4.69, 9.17) is 4.74 Å². The third kappa shape index (κ3) is 4.85. The summed E-state index contributed by atoms with van der Waals surface area (Å²) >= 11 is 0. The van der Waals surface area contributed by atoms with Crippen LogP contribution < -0.4 is 5.32 Å². The van der Waals surface area contributed by atoms with Crippen LogP contribution in [0, 0.1) is 5.92 Å². The van der Waals surface area contributed by atoms with Crippen molar-refractivity contribution in [3.05, 3.63) is 0 Å². The van der Waals surface area contributed by atoms with E-state index < -0.39 is 12.7 Å². The maximum absolute atomic E-state index is 12.3. The zero-order valence-electron chi connectivity index (χ0n) is 12.3. The van der Waals surface area contributed by atoms with Gasteiger partial charge >= 0.3 is 6.18 Å². The molecule has 1 saturated carbocycles. The van der Waals surface area contributed by atoms with Gasteiger partial charge in [0, 0.05) is 20.2 Å². The number of carbonyl (C=O) groups excluding carboxylic acids is 1. The molecule has 0 spiro atoms. The minimum Gasteiger partial charge on any atom is -0.378 e. The second-order valence-corrected chi connectivity index (χ2v) is 6.23. The van der Waals surface area contributed by atoms with Crippen LogP contribution in [-0.4, -0.2) is 55.9 Å². The summed E-state index contributed by atoms with van der Waals surface area (Å²) in [6.45, 7) is 0.439. The van der Waals surface area contributed by atoms with E-state index in [2.05, 4.69) is 5.32 Å². The molecule has 7 heteroatoms. The quantitative estimate of drug-likeness (QED) is 0.815. The maximum Gasteiger partial charge on any atom is 0.401 e. The standard InChI is InChI=1S/C14H23F3N2O2/c1-21-13(4-2-5-13)7-12(20)18-8-11-3-6-19(9-11)10-14(15,16)17/h11H,2-10H2,1H3,(H,18,20). The first kappa shape index (κ1) is 16.5. The molecule has 0 radical (unpaired) electrons. The summed E-state index contributed by atoms with van der Waals surface area (Å²) in [6.07, 6.45) is -0.211. The monoisotopic (exact) mass is 308 g/mol. The first-order valence-electron chi connectivity index (χ1n) is 7.43. The van der Waals surface area contributed by atoms with Crippen molar-refractivity contribution < 1.29 is 22.7 Å². The van der Waals surface area contributed by atoms with Gasteiger partial charge in [-0.2, -0.15) is 13.2 Å². The van der Waals surface area contributed by atoms with Crippen LogP contribution >= 0.6 is 0 Å². The molecule has 1 heterocycles. The van der Waals surface area contributed by atoms with Gasteiger partial charge in [0.1, 0.15) is 0 Å². The van der Waals surface area contributed by atoms with Crippen molar-refractivity contribution in [3.63, 3.8) is 0 Å². The molecular weight excluding hydrogens is 285 g/mol. The molecule has 4 nitrogen and oxygen atoms in total. The maximum atomic E-state index is 12.3. The van der Waals surface area contributed by atoms with E-state index in [1.165, 1.54) is 4.90 Å². The summed E-state index contributed by atoms with van der Waals surface area (Å²) in [5, 5.41) is 2.84. The average molecular weight is 308 g/mol. The number of nitrogens with zero attached hydrogens (tertiary/aromatic N) is 1. The highest BCUT2D eigenvalue weighted by Gasteiger charge is 2.39. The lowest BCUT2D eigenvalue weighted by molar-refractivity contribution is -0.144. The van der Waals surface area contributed by atoms with Gasteiger partial charge in [-0.1, -0.05) is 0 Å². The number of rotatable bonds is 6. The topological polar surface area (TPSA) is 41.6 Å². The van der Waals surface area contributed by atoms with Gasteiger partial charge in [0.25, 0.3) is 0 Å². The lowest BCUT2D eigenvalue weighted by Gasteiger charge is -2.40. The molecule has 2 aliphatic rings. The molecule has 1 unspecified atom stereocenters. The largest absolute Gasteiger partial charge is 0.401 e. The van der Waals surface area contributed by atoms with Gasteiger partial charge in [0.2, 0.25) is 5.91 Å². The summed E-state index contributed by atoms with van der Waals surface area (Å²) in [4.78, 5) is 13.3. The summed E-state index contributed by atoms with van der Waals surface area (Å²) in [5.74, 6) is 0.0435. The Bertz CT molecular complexity index is 364. The van der Waals surface area contributed by atoms with E-state index in [0.29, 0.717) is 32.5 Å². The Kier molecular flexibility index (Phi) is 5.14. The van der Waals surface area contributed by atoms with E-state index in [0.717, 1.165) is 19.3 Å². The van der Waals surface area contributed by atoms with E-state index in [-0.39, 0.29) is 17.4 Å². The normalized spacial score (nSPS) is 25.6.